The van der Waals surface area contributed by atoms with Crippen molar-refractivity contribution in [3.8, 4) is 5.75 Å². The average molecular weight is 334 g/mol. The van der Waals surface area contributed by atoms with E-state index in [1.807, 2.05) is 43.3 Å². The molecule has 0 unspecified atom stereocenters. The van der Waals surface area contributed by atoms with Gasteiger partial charge < -0.3 is 24.7 Å². The predicted molar refractivity (Wildman–Crippen MR) is 96.1 cm³/mol. The summed E-state index contributed by atoms with van der Waals surface area (Å²) in [7, 11) is 4.19. The lowest BCUT2D eigenvalue weighted by Gasteiger charge is -2.20. The van der Waals surface area contributed by atoms with Crippen molar-refractivity contribution >= 4 is 23.0 Å². The molecule has 0 amide bonds. The topological polar surface area (TPSA) is 50.9 Å². The van der Waals surface area contributed by atoms with Crippen LogP contribution in [-0.2, 0) is 0 Å². The van der Waals surface area contributed by atoms with Crippen LogP contribution in [0.3, 0.4) is 0 Å². The fourth-order valence-electron chi connectivity index (χ4n) is 2.25. The molecule has 124 valence electrons. The summed E-state index contributed by atoms with van der Waals surface area (Å²) in [5, 5.41) is 7.01. The number of hydrogen-bond donors (Lipinski definition) is 3. The first kappa shape index (κ1) is 17.3. The minimum absolute atomic E-state index is 0.199. The van der Waals surface area contributed by atoms with Gasteiger partial charge in [-0.05, 0) is 55.5 Å². The molecule has 23 heavy (non-hydrogen) atoms. The van der Waals surface area contributed by atoms with E-state index in [9.17, 15) is 0 Å². The Morgan fingerprint density at radius 3 is 2.57 bits per heavy atom. The highest BCUT2D eigenvalue weighted by Gasteiger charge is 2.20. The molecular formula is C17H24N3O2S+. The molecule has 1 aromatic heterocycles. The number of rotatable bonds is 7. The van der Waals surface area contributed by atoms with Crippen molar-refractivity contribution in [2.45, 2.75) is 13.0 Å². The quantitative estimate of drug-likeness (QED) is 0.675. The van der Waals surface area contributed by atoms with Gasteiger partial charge in [-0.1, -0.05) is 0 Å². The van der Waals surface area contributed by atoms with Crippen molar-refractivity contribution in [3.63, 3.8) is 0 Å². The molecule has 0 aliphatic heterocycles. The summed E-state index contributed by atoms with van der Waals surface area (Å²) < 4.78 is 10.9. The summed E-state index contributed by atoms with van der Waals surface area (Å²) in [6.45, 7) is 3.32. The van der Waals surface area contributed by atoms with Crippen LogP contribution in [0.1, 0.15) is 18.7 Å². The second kappa shape index (κ2) is 8.55. The van der Waals surface area contributed by atoms with E-state index in [1.54, 1.807) is 6.26 Å². The number of benzene rings is 1. The van der Waals surface area contributed by atoms with Crippen molar-refractivity contribution in [1.82, 2.24) is 5.32 Å². The van der Waals surface area contributed by atoms with Crippen molar-refractivity contribution in [2.24, 2.45) is 0 Å². The zero-order valence-electron chi connectivity index (χ0n) is 13.8. The number of furan rings is 1. The Morgan fingerprint density at radius 2 is 2.00 bits per heavy atom. The van der Waals surface area contributed by atoms with E-state index >= 15 is 0 Å². The second-order valence-corrected chi connectivity index (χ2v) is 5.85. The highest BCUT2D eigenvalue weighted by atomic mass is 32.1. The van der Waals surface area contributed by atoms with Gasteiger partial charge in [0.1, 0.15) is 5.75 Å². The molecular weight excluding hydrogens is 310 g/mol. The molecule has 0 aliphatic carbocycles. The number of thiocarbonyl (C=S) groups is 1. The monoisotopic (exact) mass is 334 g/mol. The van der Waals surface area contributed by atoms with E-state index in [4.69, 9.17) is 21.4 Å². The number of hydrogen-bond acceptors (Lipinski definition) is 3. The van der Waals surface area contributed by atoms with Crippen molar-refractivity contribution in [2.75, 3.05) is 32.6 Å². The molecule has 3 N–H and O–H groups in total. The van der Waals surface area contributed by atoms with E-state index in [0.717, 1.165) is 17.2 Å². The predicted octanol–water partition coefficient (Wildman–Crippen LogP) is 1.85. The molecule has 2 aromatic rings. The zero-order chi connectivity index (χ0) is 16.7. The first-order chi connectivity index (χ1) is 11.1. The highest BCUT2D eigenvalue weighted by Crippen LogP contribution is 2.15. The third kappa shape index (κ3) is 5.26. The Labute approximate surface area is 142 Å². The Balaban J connectivity index is 1.86. The Kier molecular flexibility index (Phi) is 6.43. The summed E-state index contributed by atoms with van der Waals surface area (Å²) in [5.41, 5.74) is 0.928. The van der Waals surface area contributed by atoms with Gasteiger partial charge in [0.25, 0.3) is 0 Å². The lowest BCUT2D eigenvalue weighted by molar-refractivity contribution is -0.891. The molecule has 1 atom stereocenters. The summed E-state index contributed by atoms with van der Waals surface area (Å²) >= 11 is 5.36. The van der Waals surface area contributed by atoms with Gasteiger partial charge in [-0.3, -0.25) is 0 Å². The van der Waals surface area contributed by atoms with Crippen molar-refractivity contribution < 1.29 is 14.1 Å². The molecule has 0 fully saturated rings. The molecule has 0 spiro atoms. The summed E-state index contributed by atoms with van der Waals surface area (Å²) in [6.07, 6.45) is 1.70. The first-order valence-corrected chi connectivity index (χ1v) is 8.12. The Hall–Kier alpha value is -2.05. The van der Waals surface area contributed by atoms with Gasteiger partial charge in [0, 0.05) is 5.69 Å². The van der Waals surface area contributed by atoms with Crippen LogP contribution in [0.15, 0.2) is 47.1 Å². The Morgan fingerprint density at radius 1 is 1.26 bits per heavy atom. The van der Waals surface area contributed by atoms with Crippen LogP contribution in [0.2, 0.25) is 0 Å². The highest BCUT2D eigenvalue weighted by molar-refractivity contribution is 7.80. The smallest absolute Gasteiger partial charge is 0.171 e. The lowest BCUT2D eigenvalue weighted by atomic mass is 10.2. The molecule has 1 heterocycles. The van der Waals surface area contributed by atoms with Crippen LogP contribution in [-0.4, -0.2) is 32.4 Å². The summed E-state index contributed by atoms with van der Waals surface area (Å²) in [4.78, 5) is 1.27. The van der Waals surface area contributed by atoms with Crippen molar-refractivity contribution in [3.05, 3.63) is 48.4 Å². The third-order valence-corrected chi connectivity index (χ3v) is 3.72. The molecule has 0 saturated heterocycles. The molecule has 0 radical (unpaired) electrons. The number of ether oxygens (including phenoxy) is 1. The maximum Gasteiger partial charge on any atom is 0.171 e. The van der Waals surface area contributed by atoms with Gasteiger partial charge in [0.15, 0.2) is 16.9 Å². The van der Waals surface area contributed by atoms with E-state index in [1.165, 1.54) is 4.90 Å². The molecule has 0 bridgehead atoms. The number of nitrogens with one attached hydrogen (secondary N) is 3. The molecule has 0 saturated carbocycles. The zero-order valence-corrected chi connectivity index (χ0v) is 14.6. The van der Waals surface area contributed by atoms with Crippen LogP contribution >= 0.6 is 12.2 Å². The van der Waals surface area contributed by atoms with Crippen LogP contribution in [0.25, 0.3) is 0 Å². The molecule has 2 rings (SSSR count). The van der Waals surface area contributed by atoms with E-state index in [2.05, 4.69) is 24.7 Å². The van der Waals surface area contributed by atoms with Gasteiger partial charge in [-0.2, -0.15) is 0 Å². The number of likely N-dealkylation sites (N-methyl/N-ethyl adjacent to an activating group) is 1. The standard InChI is InChI=1S/C17H23N3O2S/c1-4-21-14-9-7-13(8-10-14)19-17(23)18-12-15(20(2)3)16-6-5-11-22-16/h5-11,15H,4,12H2,1-3H3,(H2,18,19,23)/p+1/t15-/m1/s1. The lowest BCUT2D eigenvalue weighted by Crippen LogP contribution is -3.07. The van der Waals surface area contributed by atoms with Crippen LogP contribution < -0.4 is 20.3 Å². The van der Waals surface area contributed by atoms with Crippen LogP contribution in [0, 0.1) is 0 Å². The first-order valence-electron chi connectivity index (χ1n) is 7.71. The average Bonchev–Trinajstić information content (AvgIpc) is 3.03. The van der Waals surface area contributed by atoms with Crippen molar-refractivity contribution in [1.29, 1.82) is 0 Å². The maximum atomic E-state index is 5.51. The second-order valence-electron chi connectivity index (χ2n) is 5.44. The minimum atomic E-state index is 0.199. The molecule has 5 nitrogen and oxygen atoms in total. The van der Waals surface area contributed by atoms with Gasteiger partial charge in [0.2, 0.25) is 0 Å². The summed E-state index contributed by atoms with van der Waals surface area (Å²) in [6, 6.07) is 11.8. The molecule has 0 aliphatic rings. The maximum absolute atomic E-state index is 5.51. The third-order valence-electron chi connectivity index (χ3n) is 3.47. The number of quaternary nitrogens is 1. The van der Waals surface area contributed by atoms with E-state index < -0.39 is 0 Å². The minimum Gasteiger partial charge on any atom is -0.494 e. The van der Waals surface area contributed by atoms with Gasteiger partial charge >= 0.3 is 0 Å². The van der Waals surface area contributed by atoms with E-state index in [-0.39, 0.29) is 6.04 Å². The Bertz CT molecular complexity index is 597. The largest absolute Gasteiger partial charge is 0.494 e. The molecule has 6 heteroatoms. The van der Waals surface area contributed by atoms with Crippen LogP contribution in [0.4, 0.5) is 5.69 Å². The fraction of sp³-hybridized carbons (Fsp3) is 0.353. The summed E-state index contributed by atoms with van der Waals surface area (Å²) in [5.74, 6) is 1.80. The van der Waals surface area contributed by atoms with Gasteiger partial charge in [0.05, 0.1) is 33.5 Å². The van der Waals surface area contributed by atoms with E-state index in [0.29, 0.717) is 18.3 Å². The van der Waals surface area contributed by atoms with Crippen LogP contribution in [0.5, 0.6) is 5.75 Å². The normalized spacial score (nSPS) is 12.0. The SMILES string of the molecule is CCOc1ccc(NC(=S)NC[C@H](c2ccco2)[NH+](C)C)cc1. The number of anilines is 1. The van der Waals surface area contributed by atoms with Gasteiger partial charge in [-0.25, -0.2) is 0 Å². The fourth-order valence-corrected chi connectivity index (χ4v) is 2.45. The van der Waals surface area contributed by atoms with Gasteiger partial charge in [-0.15, -0.1) is 0 Å². The molecule has 1 aromatic carbocycles.